The Morgan fingerprint density at radius 2 is 1.82 bits per heavy atom. The maximum Gasteiger partial charge on any atom is 0.387 e. The van der Waals surface area contributed by atoms with Crippen LogP contribution in [0.25, 0.3) is 10.8 Å². The minimum absolute atomic E-state index is 0.174. The molecular formula is C13H13F2NO. The standard InChI is InChI=1S/C13H13F2NO/c1-8(16)10-7-6-9-4-2-3-5-11(9)12(10)17-13(14)15/h2-8,13H,16H2,1H3. The number of fused-ring (bicyclic) bond motifs is 1. The number of nitrogens with two attached hydrogens (primary N) is 1. The molecule has 2 nitrogen and oxygen atoms in total. The van der Waals surface area contributed by atoms with E-state index in [0.717, 1.165) is 5.39 Å². The first-order valence-electron chi connectivity index (χ1n) is 5.31. The van der Waals surface area contributed by atoms with Crippen molar-refractivity contribution >= 4 is 10.8 Å². The zero-order chi connectivity index (χ0) is 12.4. The Hall–Kier alpha value is -1.68. The number of halogens is 2. The molecule has 0 fully saturated rings. The fourth-order valence-corrected chi connectivity index (χ4v) is 1.84. The number of benzene rings is 2. The van der Waals surface area contributed by atoms with Crippen molar-refractivity contribution in [1.82, 2.24) is 0 Å². The van der Waals surface area contributed by atoms with E-state index in [0.29, 0.717) is 10.9 Å². The minimum Gasteiger partial charge on any atom is -0.434 e. The van der Waals surface area contributed by atoms with Gasteiger partial charge in [0, 0.05) is 17.0 Å². The van der Waals surface area contributed by atoms with E-state index < -0.39 is 6.61 Å². The molecule has 2 aromatic carbocycles. The van der Waals surface area contributed by atoms with E-state index in [1.807, 2.05) is 18.2 Å². The van der Waals surface area contributed by atoms with Crippen LogP contribution in [0, 0.1) is 0 Å². The zero-order valence-corrected chi connectivity index (χ0v) is 9.36. The summed E-state index contributed by atoms with van der Waals surface area (Å²) in [6, 6.07) is 10.5. The number of hydrogen-bond acceptors (Lipinski definition) is 2. The summed E-state index contributed by atoms with van der Waals surface area (Å²) in [5.74, 6) is 0.174. The highest BCUT2D eigenvalue weighted by Crippen LogP contribution is 2.33. The monoisotopic (exact) mass is 237 g/mol. The van der Waals surface area contributed by atoms with Crippen molar-refractivity contribution in [3.8, 4) is 5.75 Å². The molecule has 2 N–H and O–H groups in total. The Morgan fingerprint density at radius 1 is 1.12 bits per heavy atom. The fourth-order valence-electron chi connectivity index (χ4n) is 1.84. The molecule has 0 aliphatic heterocycles. The lowest BCUT2D eigenvalue weighted by Crippen LogP contribution is -2.11. The third-order valence-corrected chi connectivity index (χ3v) is 2.61. The first-order chi connectivity index (χ1) is 8.09. The third-order valence-electron chi connectivity index (χ3n) is 2.61. The summed E-state index contributed by atoms with van der Waals surface area (Å²) < 4.78 is 29.5. The van der Waals surface area contributed by atoms with Gasteiger partial charge in [-0.3, -0.25) is 0 Å². The molecule has 17 heavy (non-hydrogen) atoms. The van der Waals surface area contributed by atoms with Gasteiger partial charge in [0.25, 0.3) is 0 Å². The van der Waals surface area contributed by atoms with E-state index in [4.69, 9.17) is 5.73 Å². The lowest BCUT2D eigenvalue weighted by Gasteiger charge is -2.15. The normalized spacial score (nSPS) is 13.0. The van der Waals surface area contributed by atoms with Crippen molar-refractivity contribution < 1.29 is 13.5 Å². The van der Waals surface area contributed by atoms with Crippen molar-refractivity contribution in [3.63, 3.8) is 0 Å². The molecule has 0 radical (unpaired) electrons. The topological polar surface area (TPSA) is 35.2 Å². The summed E-state index contributed by atoms with van der Waals surface area (Å²) in [5, 5.41) is 1.51. The fraction of sp³-hybridized carbons (Fsp3) is 0.231. The molecule has 0 aromatic heterocycles. The molecule has 1 atom stereocenters. The zero-order valence-electron chi connectivity index (χ0n) is 9.36. The van der Waals surface area contributed by atoms with E-state index in [9.17, 15) is 8.78 Å². The van der Waals surface area contributed by atoms with E-state index in [1.165, 1.54) is 0 Å². The maximum absolute atomic E-state index is 12.4. The molecule has 2 aromatic rings. The van der Waals surface area contributed by atoms with Crippen LogP contribution < -0.4 is 10.5 Å². The van der Waals surface area contributed by atoms with Crippen LogP contribution in [0.4, 0.5) is 8.78 Å². The second kappa shape index (κ2) is 4.67. The Balaban J connectivity index is 2.66. The minimum atomic E-state index is -2.85. The Bertz CT molecular complexity index is 526. The van der Waals surface area contributed by atoms with Gasteiger partial charge in [0.1, 0.15) is 5.75 Å². The third kappa shape index (κ3) is 2.36. The summed E-state index contributed by atoms with van der Waals surface area (Å²) in [6.07, 6.45) is 0. The van der Waals surface area contributed by atoms with Crippen LogP contribution in [0.1, 0.15) is 18.5 Å². The van der Waals surface area contributed by atoms with Crippen LogP contribution >= 0.6 is 0 Å². The van der Waals surface area contributed by atoms with E-state index in [2.05, 4.69) is 4.74 Å². The summed E-state index contributed by atoms with van der Waals surface area (Å²) in [7, 11) is 0. The Kier molecular flexibility index (Phi) is 3.24. The summed E-state index contributed by atoms with van der Waals surface area (Å²) in [4.78, 5) is 0. The highest BCUT2D eigenvalue weighted by atomic mass is 19.3. The van der Waals surface area contributed by atoms with E-state index in [1.54, 1.807) is 25.1 Å². The second-order valence-corrected chi connectivity index (χ2v) is 3.87. The van der Waals surface area contributed by atoms with Gasteiger partial charge in [0.2, 0.25) is 0 Å². The van der Waals surface area contributed by atoms with Gasteiger partial charge in [0.15, 0.2) is 0 Å². The number of ether oxygens (including phenoxy) is 1. The molecule has 0 amide bonds. The van der Waals surface area contributed by atoms with Crippen LogP contribution in [0.15, 0.2) is 36.4 Å². The van der Waals surface area contributed by atoms with Gasteiger partial charge in [-0.2, -0.15) is 8.78 Å². The van der Waals surface area contributed by atoms with Crippen molar-refractivity contribution in [3.05, 3.63) is 42.0 Å². The van der Waals surface area contributed by atoms with Crippen LogP contribution in [0.3, 0.4) is 0 Å². The van der Waals surface area contributed by atoms with E-state index in [-0.39, 0.29) is 11.8 Å². The van der Waals surface area contributed by atoms with Crippen LogP contribution in [0.5, 0.6) is 5.75 Å². The van der Waals surface area contributed by atoms with Gasteiger partial charge < -0.3 is 10.5 Å². The smallest absolute Gasteiger partial charge is 0.387 e. The summed E-state index contributed by atoms with van der Waals surface area (Å²) in [6.45, 7) is -1.11. The molecule has 0 aliphatic carbocycles. The van der Waals surface area contributed by atoms with Crippen molar-refractivity contribution in [2.75, 3.05) is 0 Å². The number of alkyl halides is 2. The molecule has 0 heterocycles. The largest absolute Gasteiger partial charge is 0.434 e. The molecule has 0 saturated carbocycles. The van der Waals surface area contributed by atoms with Crippen molar-refractivity contribution in [2.24, 2.45) is 5.73 Å². The van der Waals surface area contributed by atoms with Gasteiger partial charge in [-0.25, -0.2) is 0 Å². The van der Waals surface area contributed by atoms with Crippen molar-refractivity contribution in [2.45, 2.75) is 19.6 Å². The predicted octanol–water partition coefficient (Wildman–Crippen LogP) is 3.46. The summed E-state index contributed by atoms with van der Waals surface area (Å²) >= 11 is 0. The van der Waals surface area contributed by atoms with Gasteiger partial charge in [-0.15, -0.1) is 0 Å². The van der Waals surface area contributed by atoms with Crippen LogP contribution in [-0.4, -0.2) is 6.61 Å². The average Bonchev–Trinajstić information content (AvgIpc) is 2.28. The molecule has 2 rings (SSSR count). The Labute approximate surface area is 98.0 Å². The second-order valence-electron chi connectivity index (χ2n) is 3.87. The number of hydrogen-bond donors (Lipinski definition) is 1. The van der Waals surface area contributed by atoms with E-state index >= 15 is 0 Å². The maximum atomic E-state index is 12.4. The van der Waals surface area contributed by atoms with Gasteiger partial charge in [-0.1, -0.05) is 36.4 Å². The highest BCUT2D eigenvalue weighted by Gasteiger charge is 2.15. The summed E-state index contributed by atoms with van der Waals surface area (Å²) in [5.41, 5.74) is 6.34. The average molecular weight is 237 g/mol. The molecule has 1 unspecified atom stereocenters. The molecule has 0 spiro atoms. The lowest BCUT2D eigenvalue weighted by atomic mass is 10.0. The molecule has 90 valence electrons. The number of rotatable bonds is 3. The van der Waals surface area contributed by atoms with Gasteiger partial charge in [0.05, 0.1) is 0 Å². The molecular weight excluding hydrogens is 224 g/mol. The van der Waals surface area contributed by atoms with Crippen molar-refractivity contribution in [1.29, 1.82) is 0 Å². The molecule has 4 heteroatoms. The molecule has 0 saturated heterocycles. The highest BCUT2D eigenvalue weighted by molar-refractivity contribution is 5.89. The van der Waals surface area contributed by atoms with Crippen LogP contribution in [0.2, 0.25) is 0 Å². The first kappa shape index (κ1) is 11.8. The Morgan fingerprint density at radius 3 is 2.47 bits per heavy atom. The first-order valence-corrected chi connectivity index (χ1v) is 5.31. The van der Waals surface area contributed by atoms with Gasteiger partial charge in [-0.05, 0) is 12.3 Å². The quantitative estimate of drug-likeness (QED) is 0.887. The van der Waals surface area contributed by atoms with Crippen LogP contribution in [-0.2, 0) is 0 Å². The predicted molar refractivity (Wildman–Crippen MR) is 63.2 cm³/mol. The lowest BCUT2D eigenvalue weighted by molar-refractivity contribution is -0.0495. The molecule has 0 aliphatic rings. The molecule has 0 bridgehead atoms. The van der Waals surface area contributed by atoms with Gasteiger partial charge >= 0.3 is 6.61 Å². The SMILES string of the molecule is CC(N)c1ccc2ccccc2c1OC(F)F.